The van der Waals surface area contributed by atoms with Gasteiger partial charge in [-0.3, -0.25) is 0 Å². The van der Waals surface area contributed by atoms with Crippen molar-refractivity contribution in [2.75, 3.05) is 12.4 Å². The molecule has 0 spiro atoms. The molecular weight excluding hydrogens is 298 g/mol. The van der Waals surface area contributed by atoms with Crippen molar-refractivity contribution < 1.29 is 14.3 Å². The van der Waals surface area contributed by atoms with Gasteiger partial charge in [0.05, 0.1) is 18.8 Å². The summed E-state index contributed by atoms with van der Waals surface area (Å²) in [6.45, 7) is 3.61. The lowest BCUT2D eigenvalue weighted by atomic mass is 9.98. The van der Waals surface area contributed by atoms with E-state index >= 15 is 0 Å². The minimum atomic E-state index is -0.460. The molecule has 1 atom stereocenters. The molecule has 0 fully saturated rings. The number of tetrazole rings is 1. The zero-order valence-corrected chi connectivity index (χ0v) is 13.1. The number of hydrogen-bond donors (Lipinski definition) is 1. The minimum Gasteiger partial charge on any atom is -0.497 e. The van der Waals surface area contributed by atoms with Crippen LogP contribution < -0.4 is 10.1 Å². The number of ether oxygens (including phenoxy) is 2. The molecule has 0 radical (unpaired) electrons. The summed E-state index contributed by atoms with van der Waals surface area (Å²) in [7, 11) is 1.60. The van der Waals surface area contributed by atoms with Crippen molar-refractivity contribution in [2.24, 2.45) is 0 Å². The van der Waals surface area contributed by atoms with Crippen LogP contribution in [0, 0.1) is 0 Å². The Kier molecular flexibility index (Phi) is 3.96. The molecule has 3 rings (SSSR count). The van der Waals surface area contributed by atoms with Gasteiger partial charge in [0.15, 0.2) is 0 Å². The second-order valence-electron chi connectivity index (χ2n) is 5.32. The average molecular weight is 315 g/mol. The van der Waals surface area contributed by atoms with Crippen molar-refractivity contribution in [1.82, 2.24) is 20.2 Å². The van der Waals surface area contributed by atoms with Crippen LogP contribution in [0.3, 0.4) is 0 Å². The molecule has 23 heavy (non-hydrogen) atoms. The number of aromatic nitrogens is 4. The van der Waals surface area contributed by atoms with E-state index in [0.29, 0.717) is 11.5 Å². The van der Waals surface area contributed by atoms with E-state index in [-0.39, 0.29) is 6.10 Å². The second-order valence-corrected chi connectivity index (χ2v) is 5.32. The Morgan fingerprint density at radius 3 is 2.70 bits per heavy atom. The highest BCUT2D eigenvalue weighted by molar-refractivity contribution is 5.91. The van der Waals surface area contributed by atoms with Crippen LogP contribution in [0.1, 0.15) is 25.5 Å². The number of nitrogens with zero attached hydrogens (tertiary/aromatic N) is 4. The summed E-state index contributed by atoms with van der Waals surface area (Å²) in [5.74, 6) is 0.788. The number of rotatable bonds is 4. The largest absolute Gasteiger partial charge is 0.497 e. The van der Waals surface area contributed by atoms with E-state index in [2.05, 4.69) is 20.8 Å². The van der Waals surface area contributed by atoms with Gasteiger partial charge in [0, 0.05) is 6.20 Å². The van der Waals surface area contributed by atoms with Crippen LogP contribution in [0.4, 0.5) is 5.95 Å². The fourth-order valence-corrected chi connectivity index (χ4v) is 2.38. The van der Waals surface area contributed by atoms with Crippen LogP contribution in [-0.4, -0.2) is 39.4 Å². The first-order valence-electron chi connectivity index (χ1n) is 7.19. The summed E-state index contributed by atoms with van der Waals surface area (Å²) in [6.07, 6.45) is 1.38. The van der Waals surface area contributed by atoms with Crippen molar-refractivity contribution in [3.05, 3.63) is 41.6 Å². The predicted octanol–water partition coefficient (Wildman–Crippen LogP) is 1.53. The molecule has 120 valence electrons. The molecule has 2 aromatic rings. The molecule has 8 heteroatoms. The van der Waals surface area contributed by atoms with Crippen LogP contribution in [0.15, 0.2) is 36.0 Å². The van der Waals surface area contributed by atoms with Crippen LogP contribution in [0.5, 0.6) is 5.75 Å². The lowest BCUT2D eigenvalue weighted by Crippen LogP contribution is -2.28. The van der Waals surface area contributed by atoms with Crippen molar-refractivity contribution in [3.8, 4) is 5.75 Å². The molecule has 1 aliphatic heterocycles. The third-order valence-corrected chi connectivity index (χ3v) is 3.40. The number of esters is 1. The zero-order chi connectivity index (χ0) is 16.4. The maximum atomic E-state index is 12.4. The Balaban J connectivity index is 2.01. The maximum Gasteiger partial charge on any atom is 0.338 e. The molecule has 1 aromatic carbocycles. The van der Waals surface area contributed by atoms with E-state index in [1.165, 1.54) is 0 Å². The van der Waals surface area contributed by atoms with Gasteiger partial charge in [0.25, 0.3) is 0 Å². The van der Waals surface area contributed by atoms with Gasteiger partial charge in [0.2, 0.25) is 5.95 Å². The Hall–Kier alpha value is -2.90. The van der Waals surface area contributed by atoms with Crippen LogP contribution >= 0.6 is 0 Å². The Morgan fingerprint density at radius 1 is 1.30 bits per heavy atom. The van der Waals surface area contributed by atoms with Crippen LogP contribution in [0.25, 0.3) is 0 Å². The van der Waals surface area contributed by atoms with E-state index in [1.54, 1.807) is 31.8 Å². The van der Waals surface area contributed by atoms with E-state index < -0.39 is 12.0 Å². The van der Waals surface area contributed by atoms with E-state index in [9.17, 15) is 4.79 Å². The predicted molar refractivity (Wildman–Crippen MR) is 81.9 cm³/mol. The minimum absolute atomic E-state index is 0.213. The maximum absolute atomic E-state index is 12.4. The van der Waals surface area contributed by atoms with E-state index in [4.69, 9.17) is 9.47 Å². The molecule has 0 aliphatic carbocycles. The highest BCUT2D eigenvalue weighted by Crippen LogP contribution is 2.32. The summed E-state index contributed by atoms with van der Waals surface area (Å²) in [6, 6.07) is 6.94. The van der Waals surface area contributed by atoms with Gasteiger partial charge in [-0.15, -0.1) is 0 Å². The monoisotopic (exact) mass is 315 g/mol. The number of carbonyl (C=O) groups is 1. The molecule has 1 aliphatic rings. The number of methoxy groups -OCH3 is 1. The molecule has 1 N–H and O–H groups in total. The van der Waals surface area contributed by atoms with Gasteiger partial charge in [-0.25, -0.2) is 4.79 Å². The van der Waals surface area contributed by atoms with Crippen molar-refractivity contribution in [3.63, 3.8) is 0 Å². The zero-order valence-electron chi connectivity index (χ0n) is 13.1. The van der Waals surface area contributed by atoms with Gasteiger partial charge in [-0.2, -0.15) is 4.68 Å². The van der Waals surface area contributed by atoms with Gasteiger partial charge in [-0.1, -0.05) is 17.2 Å². The standard InChI is InChI=1S/C15H17N5O3/c1-9(2)23-14(21)12-8-16-15-17-18-19-20(15)13(12)10-4-6-11(22-3)7-5-10/h4-9,13H,1-3H3,(H,16,17,19). The SMILES string of the molecule is COc1ccc(C2C(C(=O)OC(C)C)=CNc3nnnn32)cc1. The number of anilines is 1. The molecular formula is C15H17N5O3. The average Bonchev–Trinajstić information content (AvgIpc) is 3.02. The number of benzene rings is 1. The molecule has 8 nitrogen and oxygen atoms in total. The molecule has 2 heterocycles. The quantitative estimate of drug-likeness (QED) is 0.855. The van der Waals surface area contributed by atoms with E-state index in [1.807, 2.05) is 24.3 Å². The van der Waals surface area contributed by atoms with Crippen molar-refractivity contribution >= 4 is 11.9 Å². The number of fused-ring (bicyclic) bond motifs is 1. The third-order valence-electron chi connectivity index (χ3n) is 3.40. The molecule has 1 unspecified atom stereocenters. The first kappa shape index (κ1) is 15.0. The third kappa shape index (κ3) is 2.87. The Bertz CT molecular complexity index is 736. The molecule has 0 saturated carbocycles. The topological polar surface area (TPSA) is 91.2 Å². The van der Waals surface area contributed by atoms with Crippen LogP contribution in [-0.2, 0) is 9.53 Å². The van der Waals surface area contributed by atoms with Gasteiger partial charge >= 0.3 is 5.97 Å². The Morgan fingerprint density at radius 2 is 2.04 bits per heavy atom. The number of carbonyl (C=O) groups excluding carboxylic acids is 1. The fraction of sp³-hybridized carbons (Fsp3) is 0.333. The smallest absolute Gasteiger partial charge is 0.338 e. The van der Waals surface area contributed by atoms with Crippen molar-refractivity contribution in [2.45, 2.75) is 26.0 Å². The first-order chi connectivity index (χ1) is 11.1. The van der Waals surface area contributed by atoms with E-state index in [0.717, 1.165) is 11.3 Å². The van der Waals surface area contributed by atoms with Gasteiger partial charge < -0.3 is 14.8 Å². The summed E-state index contributed by atoms with van der Waals surface area (Å²) in [4.78, 5) is 12.4. The fourth-order valence-electron chi connectivity index (χ4n) is 2.38. The summed E-state index contributed by atoms with van der Waals surface area (Å²) < 4.78 is 12.1. The molecule has 0 saturated heterocycles. The molecule has 0 bridgehead atoms. The first-order valence-corrected chi connectivity index (χ1v) is 7.19. The normalized spacial score (nSPS) is 16.3. The second kappa shape index (κ2) is 6.07. The molecule has 0 amide bonds. The lowest BCUT2D eigenvalue weighted by Gasteiger charge is -2.25. The van der Waals surface area contributed by atoms with Crippen molar-refractivity contribution in [1.29, 1.82) is 0 Å². The lowest BCUT2D eigenvalue weighted by molar-refractivity contribution is -0.143. The van der Waals surface area contributed by atoms with Gasteiger partial charge in [0.1, 0.15) is 11.8 Å². The van der Waals surface area contributed by atoms with Crippen LogP contribution in [0.2, 0.25) is 0 Å². The summed E-state index contributed by atoms with van der Waals surface area (Å²) >= 11 is 0. The van der Waals surface area contributed by atoms with Gasteiger partial charge in [-0.05, 0) is 42.0 Å². The summed E-state index contributed by atoms with van der Waals surface area (Å²) in [5, 5.41) is 14.4. The molecule has 1 aromatic heterocycles. The number of hydrogen-bond acceptors (Lipinski definition) is 7. The number of nitrogens with one attached hydrogen (secondary N) is 1. The Labute approximate surface area is 133 Å². The summed E-state index contributed by atoms with van der Waals surface area (Å²) in [5.41, 5.74) is 1.29. The highest BCUT2D eigenvalue weighted by atomic mass is 16.5. The highest BCUT2D eigenvalue weighted by Gasteiger charge is 2.32.